The third kappa shape index (κ3) is 3.04. The van der Waals surface area contributed by atoms with Gasteiger partial charge in [-0.2, -0.15) is 0 Å². The van der Waals surface area contributed by atoms with Crippen molar-refractivity contribution in [3.8, 4) is 5.75 Å². The highest BCUT2D eigenvalue weighted by Crippen LogP contribution is 2.22. The first-order valence-electron chi connectivity index (χ1n) is 5.11. The molecule has 1 atom stereocenters. The molecular formula is C12H14O5. The highest BCUT2D eigenvalue weighted by atomic mass is 16.5. The molecule has 1 aromatic carbocycles. The molecule has 0 amide bonds. The Bertz CT molecular complexity index is 413. The summed E-state index contributed by atoms with van der Waals surface area (Å²) in [5, 5.41) is 9.72. The Morgan fingerprint density at radius 1 is 1.53 bits per heavy atom. The lowest BCUT2D eigenvalue weighted by atomic mass is 10.0. The second-order valence-electron chi connectivity index (χ2n) is 3.27. The lowest BCUT2D eigenvalue weighted by Gasteiger charge is -2.12. The number of hydrogen-bond donors (Lipinski definition) is 1. The van der Waals surface area contributed by atoms with Gasteiger partial charge in [-0.3, -0.25) is 4.79 Å². The number of aliphatic hydroxyl groups excluding tert-OH is 1. The molecule has 17 heavy (non-hydrogen) atoms. The van der Waals surface area contributed by atoms with Crippen LogP contribution in [0.2, 0.25) is 0 Å². The van der Waals surface area contributed by atoms with E-state index in [4.69, 9.17) is 4.74 Å². The fourth-order valence-corrected chi connectivity index (χ4v) is 1.38. The van der Waals surface area contributed by atoms with Crippen LogP contribution >= 0.6 is 0 Å². The summed E-state index contributed by atoms with van der Waals surface area (Å²) in [4.78, 5) is 22.2. The van der Waals surface area contributed by atoms with Crippen LogP contribution in [0.1, 0.15) is 28.9 Å². The molecule has 0 saturated carbocycles. The average molecular weight is 238 g/mol. The minimum atomic E-state index is -1.46. The summed E-state index contributed by atoms with van der Waals surface area (Å²) in [7, 11) is 1.46. The number of esters is 1. The zero-order chi connectivity index (χ0) is 12.8. The summed E-state index contributed by atoms with van der Waals surface area (Å²) >= 11 is 0. The van der Waals surface area contributed by atoms with E-state index in [2.05, 4.69) is 4.74 Å². The first-order chi connectivity index (χ1) is 8.13. The van der Waals surface area contributed by atoms with Crippen LogP contribution in [0.3, 0.4) is 0 Å². The predicted octanol–water partition coefficient (Wildman–Crippen LogP) is 1.10. The number of benzene rings is 1. The topological polar surface area (TPSA) is 72.8 Å². The van der Waals surface area contributed by atoms with Crippen LogP contribution in [-0.4, -0.2) is 31.1 Å². The van der Waals surface area contributed by atoms with Crippen molar-refractivity contribution in [1.29, 1.82) is 0 Å². The Labute approximate surface area is 99.0 Å². The molecule has 0 spiro atoms. The van der Waals surface area contributed by atoms with Crippen LogP contribution in [0, 0.1) is 0 Å². The van der Waals surface area contributed by atoms with Crippen LogP contribution in [0.25, 0.3) is 0 Å². The van der Waals surface area contributed by atoms with E-state index in [1.165, 1.54) is 19.2 Å². The van der Waals surface area contributed by atoms with Gasteiger partial charge < -0.3 is 14.6 Å². The Balaban J connectivity index is 3.04. The summed E-state index contributed by atoms with van der Waals surface area (Å²) in [5.74, 6) is -0.298. The molecule has 0 heterocycles. The summed E-state index contributed by atoms with van der Waals surface area (Å²) in [6, 6.07) is 4.47. The first kappa shape index (κ1) is 13.2. The van der Waals surface area contributed by atoms with Gasteiger partial charge in [-0.1, -0.05) is 6.07 Å². The van der Waals surface area contributed by atoms with Gasteiger partial charge in [0, 0.05) is 11.1 Å². The van der Waals surface area contributed by atoms with Gasteiger partial charge in [0.1, 0.15) is 5.75 Å². The molecule has 1 unspecified atom stereocenters. The van der Waals surface area contributed by atoms with Crippen molar-refractivity contribution in [2.75, 3.05) is 13.7 Å². The molecular weight excluding hydrogens is 224 g/mol. The van der Waals surface area contributed by atoms with Gasteiger partial charge in [0.25, 0.3) is 0 Å². The number of carbonyl (C=O) groups excluding carboxylic acids is 2. The lowest BCUT2D eigenvalue weighted by Crippen LogP contribution is -2.16. The Hall–Kier alpha value is -1.88. The molecule has 0 saturated heterocycles. The van der Waals surface area contributed by atoms with Crippen LogP contribution in [0.5, 0.6) is 5.75 Å². The molecule has 0 radical (unpaired) electrons. The zero-order valence-electron chi connectivity index (χ0n) is 9.67. The number of rotatable bonds is 5. The number of carbonyl (C=O) groups is 2. The average Bonchev–Trinajstić information content (AvgIpc) is 2.37. The smallest absolute Gasteiger partial charge is 0.339 e. The number of hydrogen-bond acceptors (Lipinski definition) is 5. The fourth-order valence-electron chi connectivity index (χ4n) is 1.38. The summed E-state index contributed by atoms with van der Waals surface area (Å²) in [6.45, 7) is 1.81. The van der Waals surface area contributed by atoms with Crippen LogP contribution in [-0.2, 0) is 9.53 Å². The molecule has 1 N–H and O–H groups in total. The van der Waals surface area contributed by atoms with Crippen molar-refractivity contribution in [2.45, 2.75) is 13.0 Å². The SMILES string of the molecule is CCOC(=O)C(O)c1ccc(OC)cc1C=O. The monoisotopic (exact) mass is 238 g/mol. The van der Waals surface area contributed by atoms with Crippen molar-refractivity contribution in [2.24, 2.45) is 0 Å². The van der Waals surface area contributed by atoms with Crippen LogP contribution in [0.15, 0.2) is 18.2 Å². The molecule has 0 aliphatic rings. The second-order valence-corrected chi connectivity index (χ2v) is 3.27. The summed E-state index contributed by atoms with van der Waals surface area (Å²) in [5.41, 5.74) is 0.407. The van der Waals surface area contributed by atoms with Crippen LogP contribution < -0.4 is 4.74 Å². The van der Waals surface area contributed by atoms with E-state index in [0.29, 0.717) is 12.0 Å². The third-order valence-corrected chi connectivity index (χ3v) is 2.23. The molecule has 0 aromatic heterocycles. The molecule has 0 fully saturated rings. The molecule has 0 aliphatic carbocycles. The second kappa shape index (κ2) is 6.00. The van der Waals surface area contributed by atoms with Gasteiger partial charge in [-0.25, -0.2) is 4.79 Å². The van der Waals surface area contributed by atoms with Gasteiger partial charge >= 0.3 is 5.97 Å². The number of aldehydes is 1. The number of ether oxygens (including phenoxy) is 2. The van der Waals surface area contributed by atoms with E-state index < -0.39 is 12.1 Å². The van der Waals surface area contributed by atoms with Gasteiger partial charge in [0.15, 0.2) is 12.4 Å². The standard InChI is InChI=1S/C12H14O5/c1-3-17-12(15)11(14)10-5-4-9(16-2)6-8(10)7-13/h4-7,11,14H,3H2,1-2H3. The van der Waals surface area contributed by atoms with E-state index >= 15 is 0 Å². The molecule has 0 aliphatic heterocycles. The minimum absolute atomic E-state index is 0.169. The van der Waals surface area contributed by atoms with E-state index in [-0.39, 0.29) is 17.7 Å². The number of aliphatic hydroxyl groups is 1. The fraction of sp³-hybridized carbons (Fsp3) is 0.333. The lowest BCUT2D eigenvalue weighted by molar-refractivity contribution is -0.153. The largest absolute Gasteiger partial charge is 0.497 e. The Morgan fingerprint density at radius 2 is 2.24 bits per heavy atom. The van der Waals surface area contributed by atoms with E-state index in [9.17, 15) is 14.7 Å². The molecule has 0 bridgehead atoms. The predicted molar refractivity (Wildman–Crippen MR) is 60.0 cm³/mol. The highest BCUT2D eigenvalue weighted by molar-refractivity contribution is 5.84. The Morgan fingerprint density at radius 3 is 2.76 bits per heavy atom. The maximum absolute atomic E-state index is 11.3. The maximum Gasteiger partial charge on any atom is 0.339 e. The normalized spacial score (nSPS) is 11.7. The van der Waals surface area contributed by atoms with E-state index in [1.54, 1.807) is 13.0 Å². The van der Waals surface area contributed by atoms with Crippen molar-refractivity contribution < 1.29 is 24.2 Å². The van der Waals surface area contributed by atoms with Gasteiger partial charge in [0.2, 0.25) is 0 Å². The molecule has 5 nitrogen and oxygen atoms in total. The molecule has 1 aromatic rings. The van der Waals surface area contributed by atoms with Gasteiger partial charge in [-0.15, -0.1) is 0 Å². The molecule has 5 heteroatoms. The van der Waals surface area contributed by atoms with Crippen molar-refractivity contribution in [1.82, 2.24) is 0 Å². The van der Waals surface area contributed by atoms with E-state index in [0.717, 1.165) is 0 Å². The molecule has 1 rings (SSSR count). The van der Waals surface area contributed by atoms with Gasteiger partial charge in [0.05, 0.1) is 13.7 Å². The third-order valence-electron chi connectivity index (χ3n) is 2.23. The first-order valence-corrected chi connectivity index (χ1v) is 5.11. The maximum atomic E-state index is 11.3. The Kier molecular flexibility index (Phi) is 4.66. The van der Waals surface area contributed by atoms with E-state index in [1.807, 2.05) is 0 Å². The summed E-state index contributed by atoms with van der Waals surface area (Å²) < 4.78 is 9.62. The van der Waals surface area contributed by atoms with Crippen molar-refractivity contribution in [3.05, 3.63) is 29.3 Å². The molecule has 92 valence electrons. The highest BCUT2D eigenvalue weighted by Gasteiger charge is 2.21. The quantitative estimate of drug-likeness (QED) is 0.614. The van der Waals surface area contributed by atoms with Crippen molar-refractivity contribution in [3.63, 3.8) is 0 Å². The van der Waals surface area contributed by atoms with Crippen LogP contribution in [0.4, 0.5) is 0 Å². The minimum Gasteiger partial charge on any atom is -0.497 e. The van der Waals surface area contributed by atoms with Gasteiger partial charge in [-0.05, 0) is 19.1 Å². The summed E-state index contributed by atoms with van der Waals surface area (Å²) in [6.07, 6.45) is -0.902. The number of methoxy groups -OCH3 is 1. The van der Waals surface area contributed by atoms with Crippen molar-refractivity contribution >= 4 is 12.3 Å². The zero-order valence-corrected chi connectivity index (χ0v) is 9.67.